The smallest absolute Gasteiger partial charge is 0.0373 e. The molecule has 0 aliphatic carbocycles. The Hall–Kier alpha value is -1.61. The first-order valence-corrected chi connectivity index (χ1v) is 6.23. The average Bonchev–Trinajstić information content (AvgIpc) is 2.67. The number of hydrogen-bond acceptors (Lipinski definition) is 3. The van der Waals surface area contributed by atoms with Gasteiger partial charge in [0.05, 0.1) is 0 Å². The molecule has 0 atom stereocenters. The molecule has 0 unspecified atom stereocenters. The normalized spacial score (nSPS) is 17.1. The number of aromatic nitrogens is 1. The number of nitrogens with one attached hydrogen (secondary N) is 1. The van der Waals surface area contributed by atoms with Gasteiger partial charge in [-0.25, -0.2) is 0 Å². The van der Waals surface area contributed by atoms with Crippen LogP contribution in [-0.2, 0) is 0 Å². The molecule has 3 rings (SSSR count). The van der Waals surface area contributed by atoms with Gasteiger partial charge in [-0.2, -0.15) is 0 Å². The Morgan fingerprint density at radius 3 is 3.06 bits per heavy atom. The zero-order valence-corrected chi connectivity index (χ0v) is 9.89. The minimum Gasteiger partial charge on any atom is -0.370 e. The number of rotatable bonds is 1. The van der Waals surface area contributed by atoms with Crippen molar-refractivity contribution in [2.75, 3.05) is 31.1 Å². The van der Waals surface area contributed by atoms with Crippen molar-refractivity contribution in [1.82, 2.24) is 10.3 Å². The summed E-state index contributed by atoms with van der Waals surface area (Å²) in [5.74, 6) is 0. The summed E-state index contributed by atoms with van der Waals surface area (Å²) in [4.78, 5) is 6.60. The molecule has 0 saturated carbocycles. The molecule has 1 aliphatic heterocycles. The summed E-state index contributed by atoms with van der Waals surface area (Å²) in [5, 5.41) is 5.92. The predicted octanol–water partition coefficient (Wildman–Crippen LogP) is 2.03. The van der Waals surface area contributed by atoms with E-state index in [1.165, 1.54) is 22.9 Å². The van der Waals surface area contributed by atoms with E-state index >= 15 is 0 Å². The van der Waals surface area contributed by atoms with Crippen LogP contribution in [0.15, 0.2) is 36.7 Å². The fraction of sp³-hybridized carbons (Fsp3) is 0.357. The molecule has 1 fully saturated rings. The molecule has 0 spiro atoms. The Morgan fingerprint density at radius 1 is 1.06 bits per heavy atom. The third-order valence-electron chi connectivity index (χ3n) is 3.33. The van der Waals surface area contributed by atoms with Crippen molar-refractivity contribution in [2.45, 2.75) is 6.42 Å². The SMILES string of the molecule is c1cc2cc(N3CCCNCC3)ccc2cn1. The zero-order chi connectivity index (χ0) is 11.5. The van der Waals surface area contributed by atoms with Crippen LogP contribution < -0.4 is 10.2 Å². The molecule has 0 bridgehead atoms. The van der Waals surface area contributed by atoms with E-state index in [-0.39, 0.29) is 0 Å². The number of anilines is 1. The van der Waals surface area contributed by atoms with Crippen LogP contribution in [0.3, 0.4) is 0 Å². The third kappa shape index (κ3) is 2.24. The highest BCUT2D eigenvalue weighted by atomic mass is 15.2. The van der Waals surface area contributed by atoms with Crippen LogP contribution in [0.2, 0.25) is 0 Å². The van der Waals surface area contributed by atoms with Crippen molar-refractivity contribution in [2.24, 2.45) is 0 Å². The lowest BCUT2D eigenvalue weighted by atomic mass is 10.1. The molecule has 1 aromatic carbocycles. The van der Waals surface area contributed by atoms with Gasteiger partial charge in [0.2, 0.25) is 0 Å². The molecule has 1 saturated heterocycles. The Labute approximate surface area is 101 Å². The van der Waals surface area contributed by atoms with Gasteiger partial charge >= 0.3 is 0 Å². The van der Waals surface area contributed by atoms with Crippen molar-refractivity contribution in [1.29, 1.82) is 0 Å². The average molecular weight is 227 g/mol. The van der Waals surface area contributed by atoms with Crippen LogP contribution in [0.5, 0.6) is 0 Å². The monoisotopic (exact) mass is 227 g/mol. The standard InChI is InChI=1S/C14H17N3/c1-5-15-7-9-17(8-1)14-3-2-13-11-16-6-4-12(13)10-14/h2-4,6,10-11,15H,1,5,7-9H2. The molecule has 1 aromatic heterocycles. The predicted molar refractivity (Wildman–Crippen MR) is 71.4 cm³/mol. The van der Waals surface area contributed by atoms with Crippen LogP contribution in [-0.4, -0.2) is 31.2 Å². The van der Waals surface area contributed by atoms with E-state index in [9.17, 15) is 0 Å². The first-order valence-electron chi connectivity index (χ1n) is 6.23. The molecule has 3 heteroatoms. The van der Waals surface area contributed by atoms with Crippen LogP contribution >= 0.6 is 0 Å². The molecule has 0 amide bonds. The molecule has 2 aromatic rings. The maximum atomic E-state index is 4.15. The van der Waals surface area contributed by atoms with E-state index in [4.69, 9.17) is 0 Å². The van der Waals surface area contributed by atoms with Crippen molar-refractivity contribution in [3.63, 3.8) is 0 Å². The first kappa shape index (κ1) is 10.5. The largest absolute Gasteiger partial charge is 0.370 e. The van der Waals surface area contributed by atoms with Crippen LogP contribution in [0.1, 0.15) is 6.42 Å². The molecular formula is C14H17N3. The summed E-state index contributed by atoms with van der Waals surface area (Å²) in [6.45, 7) is 4.45. The highest BCUT2D eigenvalue weighted by Gasteiger charge is 2.09. The lowest BCUT2D eigenvalue weighted by Gasteiger charge is -2.22. The van der Waals surface area contributed by atoms with Crippen molar-refractivity contribution >= 4 is 16.5 Å². The van der Waals surface area contributed by atoms with E-state index in [1.54, 1.807) is 0 Å². The molecule has 2 heterocycles. The number of pyridine rings is 1. The van der Waals surface area contributed by atoms with E-state index in [0.29, 0.717) is 0 Å². The molecule has 3 nitrogen and oxygen atoms in total. The minimum atomic E-state index is 1.08. The highest BCUT2D eigenvalue weighted by Crippen LogP contribution is 2.21. The molecule has 1 N–H and O–H groups in total. The summed E-state index contributed by atoms with van der Waals surface area (Å²) >= 11 is 0. The quantitative estimate of drug-likeness (QED) is 0.808. The Bertz CT molecular complexity index is 502. The summed E-state index contributed by atoms with van der Waals surface area (Å²) < 4.78 is 0. The van der Waals surface area contributed by atoms with Crippen molar-refractivity contribution in [3.05, 3.63) is 36.7 Å². The van der Waals surface area contributed by atoms with E-state index in [1.807, 2.05) is 12.4 Å². The Balaban J connectivity index is 1.93. The van der Waals surface area contributed by atoms with E-state index in [0.717, 1.165) is 26.2 Å². The van der Waals surface area contributed by atoms with Gasteiger partial charge in [0, 0.05) is 43.1 Å². The maximum absolute atomic E-state index is 4.15. The van der Waals surface area contributed by atoms with Gasteiger partial charge in [-0.3, -0.25) is 4.98 Å². The molecule has 1 aliphatic rings. The Morgan fingerprint density at radius 2 is 2.06 bits per heavy atom. The maximum Gasteiger partial charge on any atom is 0.0373 e. The first-order chi connectivity index (χ1) is 8.43. The van der Waals surface area contributed by atoms with Gasteiger partial charge in [-0.1, -0.05) is 6.07 Å². The van der Waals surface area contributed by atoms with Gasteiger partial charge < -0.3 is 10.2 Å². The Kier molecular flexibility index (Phi) is 2.92. The summed E-state index contributed by atoms with van der Waals surface area (Å²) in [5.41, 5.74) is 1.33. The minimum absolute atomic E-state index is 1.08. The van der Waals surface area contributed by atoms with Crippen LogP contribution in [0.4, 0.5) is 5.69 Å². The van der Waals surface area contributed by atoms with Gasteiger partial charge in [0.25, 0.3) is 0 Å². The molecular weight excluding hydrogens is 210 g/mol. The second kappa shape index (κ2) is 4.72. The van der Waals surface area contributed by atoms with Crippen molar-refractivity contribution < 1.29 is 0 Å². The summed E-state index contributed by atoms with van der Waals surface area (Å²) in [6, 6.07) is 8.71. The second-order valence-corrected chi connectivity index (χ2v) is 4.50. The van der Waals surface area contributed by atoms with E-state index < -0.39 is 0 Å². The number of benzene rings is 1. The fourth-order valence-electron chi connectivity index (χ4n) is 2.37. The lowest BCUT2D eigenvalue weighted by molar-refractivity contribution is 0.724. The fourth-order valence-corrected chi connectivity index (χ4v) is 2.37. The molecule has 17 heavy (non-hydrogen) atoms. The van der Waals surface area contributed by atoms with Crippen LogP contribution in [0, 0.1) is 0 Å². The van der Waals surface area contributed by atoms with Crippen molar-refractivity contribution in [3.8, 4) is 0 Å². The molecule has 0 radical (unpaired) electrons. The topological polar surface area (TPSA) is 28.2 Å². The van der Waals surface area contributed by atoms with E-state index in [2.05, 4.69) is 39.5 Å². The molecule has 88 valence electrons. The number of fused-ring (bicyclic) bond motifs is 1. The summed E-state index contributed by atoms with van der Waals surface area (Å²) in [6.07, 6.45) is 4.99. The van der Waals surface area contributed by atoms with Crippen LogP contribution in [0.25, 0.3) is 10.8 Å². The zero-order valence-electron chi connectivity index (χ0n) is 9.89. The van der Waals surface area contributed by atoms with Gasteiger partial charge in [-0.15, -0.1) is 0 Å². The number of nitrogens with zero attached hydrogens (tertiary/aromatic N) is 2. The second-order valence-electron chi connectivity index (χ2n) is 4.50. The third-order valence-corrected chi connectivity index (χ3v) is 3.33. The highest BCUT2D eigenvalue weighted by molar-refractivity contribution is 5.85. The number of hydrogen-bond donors (Lipinski definition) is 1. The lowest BCUT2D eigenvalue weighted by Crippen LogP contribution is -2.27. The van der Waals surface area contributed by atoms with Gasteiger partial charge in [-0.05, 0) is 36.6 Å². The van der Waals surface area contributed by atoms with Gasteiger partial charge in [0.1, 0.15) is 0 Å². The summed E-state index contributed by atoms with van der Waals surface area (Å²) in [7, 11) is 0. The van der Waals surface area contributed by atoms with Gasteiger partial charge in [0.15, 0.2) is 0 Å².